The quantitative estimate of drug-likeness (QED) is 0.768. The Hall–Kier alpha value is -0.570. The zero-order valence-corrected chi connectivity index (χ0v) is 10.3. The van der Waals surface area contributed by atoms with Crippen LogP contribution in [0.3, 0.4) is 0 Å². The van der Waals surface area contributed by atoms with Crippen LogP contribution >= 0.6 is 0 Å². The molecule has 1 heterocycles. The molecular formula is C12H24N2O. The van der Waals surface area contributed by atoms with E-state index in [-0.39, 0.29) is 5.41 Å². The van der Waals surface area contributed by atoms with Crippen LogP contribution in [0.4, 0.5) is 0 Å². The van der Waals surface area contributed by atoms with Gasteiger partial charge in [0.05, 0.1) is 0 Å². The molecule has 0 aliphatic carbocycles. The molecule has 0 aromatic carbocycles. The van der Waals surface area contributed by atoms with Crippen molar-refractivity contribution in [1.29, 1.82) is 0 Å². The maximum absolute atomic E-state index is 12.0. The lowest BCUT2D eigenvalue weighted by Gasteiger charge is -2.31. The van der Waals surface area contributed by atoms with Gasteiger partial charge in [0.25, 0.3) is 0 Å². The van der Waals surface area contributed by atoms with Crippen molar-refractivity contribution >= 4 is 5.91 Å². The van der Waals surface area contributed by atoms with Gasteiger partial charge in [-0.2, -0.15) is 0 Å². The van der Waals surface area contributed by atoms with E-state index in [2.05, 4.69) is 26.1 Å². The Morgan fingerprint density at radius 2 is 1.93 bits per heavy atom. The Labute approximate surface area is 93.2 Å². The van der Waals surface area contributed by atoms with Crippen molar-refractivity contribution in [2.24, 2.45) is 5.41 Å². The number of carbonyl (C=O) groups excluding carboxylic acids is 1. The smallest absolute Gasteiger partial charge is 0.223 e. The van der Waals surface area contributed by atoms with Crippen LogP contribution in [0.1, 0.15) is 40.0 Å². The minimum atomic E-state index is 0.163. The molecule has 1 aliphatic rings. The molecule has 1 rings (SSSR count). The number of nitrogens with zero attached hydrogens (tertiary/aromatic N) is 1. The third-order valence-electron chi connectivity index (χ3n) is 3.03. The summed E-state index contributed by atoms with van der Waals surface area (Å²) in [5.41, 5.74) is 0.163. The van der Waals surface area contributed by atoms with Crippen molar-refractivity contribution in [3.63, 3.8) is 0 Å². The topological polar surface area (TPSA) is 32.3 Å². The molecule has 0 unspecified atom stereocenters. The average Bonchev–Trinajstić information content (AvgIpc) is 2.18. The molecule has 1 saturated heterocycles. The van der Waals surface area contributed by atoms with Gasteiger partial charge in [-0.05, 0) is 11.8 Å². The van der Waals surface area contributed by atoms with E-state index in [1.165, 1.54) is 0 Å². The standard InChI is InChI=1S/C12H24N2O/c1-4-5-12(2,3)10-11(15)14-8-6-13-7-9-14/h13H,4-10H2,1-3H3. The van der Waals surface area contributed by atoms with Crippen molar-refractivity contribution in [2.75, 3.05) is 26.2 Å². The van der Waals surface area contributed by atoms with Crippen LogP contribution in [0.5, 0.6) is 0 Å². The first-order valence-electron chi connectivity index (χ1n) is 6.04. The summed E-state index contributed by atoms with van der Waals surface area (Å²) in [6, 6.07) is 0. The normalized spacial score (nSPS) is 17.9. The highest BCUT2D eigenvalue weighted by atomic mass is 16.2. The highest BCUT2D eigenvalue weighted by Crippen LogP contribution is 2.27. The Morgan fingerprint density at radius 1 is 1.33 bits per heavy atom. The van der Waals surface area contributed by atoms with Gasteiger partial charge in [-0.3, -0.25) is 4.79 Å². The van der Waals surface area contributed by atoms with Gasteiger partial charge in [0, 0.05) is 32.6 Å². The number of amides is 1. The van der Waals surface area contributed by atoms with Gasteiger partial charge in [0.15, 0.2) is 0 Å². The zero-order chi connectivity index (χ0) is 11.3. The number of hydrogen-bond donors (Lipinski definition) is 1. The SMILES string of the molecule is CCCC(C)(C)CC(=O)N1CCNCC1. The first kappa shape index (κ1) is 12.5. The van der Waals surface area contributed by atoms with E-state index in [0.717, 1.165) is 39.0 Å². The fraction of sp³-hybridized carbons (Fsp3) is 0.917. The van der Waals surface area contributed by atoms with Gasteiger partial charge in [-0.15, -0.1) is 0 Å². The number of nitrogens with one attached hydrogen (secondary N) is 1. The van der Waals surface area contributed by atoms with Crippen LogP contribution < -0.4 is 5.32 Å². The minimum absolute atomic E-state index is 0.163. The molecular weight excluding hydrogens is 188 g/mol. The van der Waals surface area contributed by atoms with E-state index in [0.29, 0.717) is 12.3 Å². The van der Waals surface area contributed by atoms with Gasteiger partial charge >= 0.3 is 0 Å². The summed E-state index contributed by atoms with van der Waals surface area (Å²) in [6.07, 6.45) is 2.98. The molecule has 0 radical (unpaired) electrons. The first-order valence-corrected chi connectivity index (χ1v) is 6.04. The summed E-state index contributed by atoms with van der Waals surface area (Å²) >= 11 is 0. The van der Waals surface area contributed by atoms with E-state index in [4.69, 9.17) is 0 Å². The molecule has 0 aromatic heterocycles. The van der Waals surface area contributed by atoms with E-state index < -0.39 is 0 Å². The zero-order valence-electron chi connectivity index (χ0n) is 10.3. The fourth-order valence-corrected chi connectivity index (χ4v) is 2.20. The summed E-state index contributed by atoms with van der Waals surface area (Å²) in [6.45, 7) is 10.2. The summed E-state index contributed by atoms with van der Waals surface area (Å²) in [7, 11) is 0. The molecule has 1 N–H and O–H groups in total. The highest BCUT2D eigenvalue weighted by molar-refractivity contribution is 5.77. The predicted octanol–water partition coefficient (Wildman–Crippen LogP) is 1.63. The van der Waals surface area contributed by atoms with Crippen LogP contribution in [0, 0.1) is 5.41 Å². The second-order valence-corrected chi connectivity index (χ2v) is 5.22. The lowest BCUT2D eigenvalue weighted by molar-refractivity contribution is -0.133. The Bertz CT molecular complexity index is 208. The van der Waals surface area contributed by atoms with Crippen LogP contribution in [0.25, 0.3) is 0 Å². The Kier molecular flexibility index (Phi) is 4.58. The maximum atomic E-state index is 12.0. The van der Waals surface area contributed by atoms with Gasteiger partial charge in [-0.25, -0.2) is 0 Å². The van der Waals surface area contributed by atoms with Crippen LogP contribution in [0.15, 0.2) is 0 Å². The fourth-order valence-electron chi connectivity index (χ4n) is 2.20. The number of carbonyl (C=O) groups is 1. The molecule has 0 bridgehead atoms. The van der Waals surface area contributed by atoms with E-state index >= 15 is 0 Å². The van der Waals surface area contributed by atoms with Crippen molar-refractivity contribution in [1.82, 2.24) is 10.2 Å². The van der Waals surface area contributed by atoms with Gasteiger partial charge < -0.3 is 10.2 Å². The largest absolute Gasteiger partial charge is 0.340 e. The molecule has 15 heavy (non-hydrogen) atoms. The van der Waals surface area contributed by atoms with Crippen molar-refractivity contribution < 1.29 is 4.79 Å². The van der Waals surface area contributed by atoms with Crippen molar-refractivity contribution in [3.05, 3.63) is 0 Å². The lowest BCUT2D eigenvalue weighted by Crippen LogP contribution is -2.47. The molecule has 0 saturated carbocycles. The van der Waals surface area contributed by atoms with Gasteiger partial charge in [0.2, 0.25) is 5.91 Å². The summed E-state index contributed by atoms with van der Waals surface area (Å²) in [5, 5.41) is 3.26. The second kappa shape index (κ2) is 5.50. The minimum Gasteiger partial charge on any atom is -0.340 e. The van der Waals surface area contributed by atoms with Crippen molar-refractivity contribution in [2.45, 2.75) is 40.0 Å². The first-order chi connectivity index (χ1) is 7.05. The van der Waals surface area contributed by atoms with Crippen LogP contribution in [-0.2, 0) is 4.79 Å². The van der Waals surface area contributed by atoms with Gasteiger partial charge in [-0.1, -0.05) is 27.2 Å². The molecule has 3 heteroatoms. The average molecular weight is 212 g/mol. The Morgan fingerprint density at radius 3 is 2.47 bits per heavy atom. The lowest BCUT2D eigenvalue weighted by atomic mass is 9.84. The summed E-state index contributed by atoms with van der Waals surface area (Å²) < 4.78 is 0. The number of hydrogen-bond acceptors (Lipinski definition) is 2. The van der Waals surface area contributed by atoms with Gasteiger partial charge in [0.1, 0.15) is 0 Å². The summed E-state index contributed by atoms with van der Waals surface area (Å²) in [5.74, 6) is 0.329. The molecule has 0 atom stereocenters. The predicted molar refractivity (Wildman–Crippen MR) is 62.8 cm³/mol. The van der Waals surface area contributed by atoms with E-state index in [1.807, 2.05) is 4.90 Å². The number of rotatable bonds is 4. The molecule has 3 nitrogen and oxygen atoms in total. The summed E-state index contributed by atoms with van der Waals surface area (Å²) in [4.78, 5) is 14.0. The second-order valence-electron chi connectivity index (χ2n) is 5.22. The molecule has 0 spiro atoms. The Balaban J connectivity index is 2.39. The van der Waals surface area contributed by atoms with E-state index in [1.54, 1.807) is 0 Å². The highest BCUT2D eigenvalue weighted by Gasteiger charge is 2.25. The van der Waals surface area contributed by atoms with Crippen LogP contribution in [-0.4, -0.2) is 37.0 Å². The third kappa shape index (κ3) is 4.20. The van der Waals surface area contributed by atoms with E-state index in [9.17, 15) is 4.79 Å². The molecule has 1 fully saturated rings. The molecule has 88 valence electrons. The van der Waals surface area contributed by atoms with Crippen LogP contribution in [0.2, 0.25) is 0 Å². The molecule has 1 aliphatic heterocycles. The molecule has 0 aromatic rings. The number of piperazine rings is 1. The maximum Gasteiger partial charge on any atom is 0.223 e. The van der Waals surface area contributed by atoms with Crippen molar-refractivity contribution in [3.8, 4) is 0 Å². The third-order valence-corrected chi connectivity index (χ3v) is 3.03. The monoisotopic (exact) mass is 212 g/mol. The molecule has 1 amide bonds.